The van der Waals surface area contributed by atoms with E-state index in [0.29, 0.717) is 18.2 Å². The third kappa shape index (κ3) is 2.61. The van der Waals surface area contributed by atoms with Crippen LogP contribution in [-0.2, 0) is 6.54 Å². The molecule has 0 aromatic heterocycles. The van der Waals surface area contributed by atoms with E-state index >= 15 is 0 Å². The lowest BCUT2D eigenvalue weighted by molar-refractivity contribution is 0.173. The van der Waals surface area contributed by atoms with E-state index < -0.39 is 0 Å². The van der Waals surface area contributed by atoms with E-state index in [1.54, 1.807) is 0 Å². The van der Waals surface area contributed by atoms with E-state index in [0.717, 1.165) is 22.5 Å². The maximum Gasteiger partial charge on any atom is 0.231 e. The van der Waals surface area contributed by atoms with Gasteiger partial charge in [0.15, 0.2) is 11.5 Å². The Bertz CT molecular complexity index is 487. The number of hydrogen-bond donors (Lipinski definition) is 1. The van der Waals surface area contributed by atoms with Crippen LogP contribution in [0.15, 0.2) is 16.6 Å². The summed E-state index contributed by atoms with van der Waals surface area (Å²) in [7, 11) is 0. The molecule has 1 atom stereocenters. The Labute approximate surface area is 122 Å². The van der Waals surface area contributed by atoms with Crippen molar-refractivity contribution < 1.29 is 9.47 Å². The molecule has 104 valence electrons. The lowest BCUT2D eigenvalue weighted by Crippen LogP contribution is -2.37. The Hall–Kier alpha value is -0.740. The summed E-state index contributed by atoms with van der Waals surface area (Å²) in [5.41, 5.74) is 1.65. The summed E-state index contributed by atoms with van der Waals surface area (Å²) in [6, 6.07) is 4.79. The lowest BCUT2D eigenvalue weighted by Gasteiger charge is -2.28. The Morgan fingerprint density at radius 1 is 1.37 bits per heavy atom. The maximum atomic E-state index is 5.45. The number of benzene rings is 1. The number of ether oxygens (including phenoxy) is 2. The van der Waals surface area contributed by atoms with Crippen molar-refractivity contribution in [2.45, 2.75) is 45.7 Å². The van der Waals surface area contributed by atoms with Crippen LogP contribution in [-0.4, -0.2) is 12.8 Å². The van der Waals surface area contributed by atoms with E-state index in [1.807, 2.05) is 0 Å². The van der Waals surface area contributed by atoms with E-state index in [9.17, 15) is 0 Å². The molecule has 1 fully saturated rings. The second kappa shape index (κ2) is 4.98. The molecule has 0 radical (unpaired) electrons. The van der Waals surface area contributed by atoms with Crippen molar-refractivity contribution in [3.05, 3.63) is 22.2 Å². The molecule has 4 heteroatoms. The van der Waals surface area contributed by atoms with Crippen LogP contribution in [0.1, 0.15) is 38.7 Å². The number of hydrogen-bond acceptors (Lipinski definition) is 3. The number of fused-ring (bicyclic) bond motifs is 1. The highest BCUT2D eigenvalue weighted by molar-refractivity contribution is 9.10. The average molecular weight is 326 g/mol. The molecule has 1 aromatic carbocycles. The second-order valence-corrected chi connectivity index (χ2v) is 6.98. The Morgan fingerprint density at radius 2 is 2.21 bits per heavy atom. The zero-order valence-electron chi connectivity index (χ0n) is 11.5. The zero-order valence-corrected chi connectivity index (χ0v) is 13.0. The van der Waals surface area contributed by atoms with Crippen molar-refractivity contribution in [1.82, 2.24) is 5.32 Å². The van der Waals surface area contributed by atoms with Gasteiger partial charge in [0, 0.05) is 12.6 Å². The molecule has 1 saturated carbocycles. The van der Waals surface area contributed by atoms with Crippen LogP contribution in [0.25, 0.3) is 0 Å². The summed E-state index contributed by atoms with van der Waals surface area (Å²) in [5.74, 6) is 1.67. The third-order valence-corrected chi connectivity index (χ3v) is 4.89. The van der Waals surface area contributed by atoms with Crippen LogP contribution in [0.2, 0.25) is 0 Å². The van der Waals surface area contributed by atoms with Crippen molar-refractivity contribution >= 4 is 15.9 Å². The molecular weight excluding hydrogens is 306 g/mol. The fraction of sp³-hybridized carbons (Fsp3) is 0.600. The zero-order chi connectivity index (χ0) is 13.5. The molecule has 1 N–H and O–H groups in total. The van der Waals surface area contributed by atoms with Gasteiger partial charge < -0.3 is 14.8 Å². The standard InChI is InChI=1S/C15H20BrNO2/c1-15(2)5-3-4-13(15)17-8-10-6-11(16)14-12(7-10)18-9-19-14/h6-7,13,17H,3-5,8-9H2,1-2H3. The van der Waals surface area contributed by atoms with Crippen LogP contribution in [0.3, 0.4) is 0 Å². The largest absolute Gasteiger partial charge is 0.454 e. The van der Waals surface area contributed by atoms with Gasteiger partial charge in [-0.2, -0.15) is 0 Å². The predicted molar refractivity (Wildman–Crippen MR) is 78.5 cm³/mol. The first-order chi connectivity index (χ1) is 9.06. The molecule has 3 nitrogen and oxygen atoms in total. The van der Waals surface area contributed by atoms with Crippen molar-refractivity contribution in [3.63, 3.8) is 0 Å². The summed E-state index contributed by atoms with van der Waals surface area (Å²) in [5, 5.41) is 3.69. The monoisotopic (exact) mass is 325 g/mol. The third-order valence-electron chi connectivity index (χ3n) is 4.30. The Balaban J connectivity index is 1.69. The van der Waals surface area contributed by atoms with Gasteiger partial charge in [-0.1, -0.05) is 20.3 Å². The summed E-state index contributed by atoms with van der Waals surface area (Å²) < 4.78 is 11.8. The van der Waals surface area contributed by atoms with Gasteiger partial charge in [-0.25, -0.2) is 0 Å². The highest BCUT2D eigenvalue weighted by Crippen LogP contribution is 2.40. The summed E-state index contributed by atoms with van der Waals surface area (Å²) in [6.45, 7) is 5.91. The molecule has 0 saturated heterocycles. The number of rotatable bonds is 3. The number of nitrogens with one attached hydrogen (secondary N) is 1. The molecule has 19 heavy (non-hydrogen) atoms. The first-order valence-electron chi connectivity index (χ1n) is 6.88. The smallest absolute Gasteiger partial charge is 0.231 e. The molecule has 3 rings (SSSR count). The van der Waals surface area contributed by atoms with Crippen LogP contribution < -0.4 is 14.8 Å². The fourth-order valence-electron chi connectivity index (χ4n) is 3.07. The van der Waals surface area contributed by atoms with Crippen molar-refractivity contribution in [1.29, 1.82) is 0 Å². The molecule has 1 heterocycles. The SMILES string of the molecule is CC1(C)CCCC1NCc1cc(Br)c2c(c1)OCO2. The summed E-state index contributed by atoms with van der Waals surface area (Å²) >= 11 is 3.54. The minimum Gasteiger partial charge on any atom is -0.454 e. The maximum absolute atomic E-state index is 5.45. The van der Waals surface area contributed by atoms with E-state index in [4.69, 9.17) is 9.47 Å². The Morgan fingerprint density at radius 3 is 2.95 bits per heavy atom. The van der Waals surface area contributed by atoms with Crippen molar-refractivity contribution in [2.75, 3.05) is 6.79 Å². The van der Waals surface area contributed by atoms with Gasteiger partial charge in [-0.3, -0.25) is 0 Å². The minimum atomic E-state index is 0.320. The molecule has 0 bridgehead atoms. The van der Waals surface area contributed by atoms with Crippen LogP contribution >= 0.6 is 15.9 Å². The lowest BCUT2D eigenvalue weighted by atomic mass is 9.87. The average Bonchev–Trinajstić information content (AvgIpc) is 2.93. The van der Waals surface area contributed by atoms with Crippen molar-refractivity contribution in [2.24, 2.45) is 5.41 Å². The first kappa shape index (κ1) is 13.3. The molecule has 0 spiro atoms. The predicted octanol–water partition coefficient (Wildman–Crippen LogP) is 3.85. The van der Waals surface area contributed by atoms with E-state index in [-0.39, 0.29) is 0 Å². The van der Waals surface area contributed by atoms with Gasteiger partial charge in [0.2, 0.25) is 6.79 Å². The Kier molecular flexibility index (Phi) is 3.48. The molecule has 1 aliphatic carbocycles. The normalized spacial score (nSPS) is 23.8. The van der Waals surface area contributed by atoms with Gasteiger partial charge in [-0.15, -0.1) is 0 Å². The second-order valence-electron chi connectivity index (χ2n) is 6.13. The summed E-state index contributed by atoms with van der Waals surface area (Å²) in [4.78, 5) is 0. The topological polar surface area (TPSA) is 30.5 Å². The van der Waals surface area contributed by atoms with Gasteiger partial charge in [0.1, 0.15) is 0 Å². The van der Waals surface area contributed by atoms with Gasteiger partial charge >= 0.3 is 0 Å². The summed E-state index contributed by atoms with van der Waals surface area (Å²) in [6.07, 6.45) is 3.92. The molecular formula is C15H20BrNO2. The van der Waals surface area contributed by atoms with Crippen LogP contribution in [0.4, 0.5) is 0 Å². The minimum absolute atomic E-state index is 0.320. The highest BCUT2D eigenvalue weighted by Gasteiger charge is 2.33. The van der Waals surface area contributed by atoms with Gasteiger partial charge in [0.25, 0.3) is 0 Å². The van der Waals surface area contributed by atoms with Crippen molar-refractivity contribution in [3.8, 4) is 11.5 Å². The molecule has 1 aliphatic heterocycles. The van der Waals surface area contributed by atoms with E-state index in [2.05, 4.69) is 47.2 Å². The molecule has 1 unspecified atom stereocenters. The molecule has 2 aliphatic rings. The number of halogens is 1. The first-order valence-corrected chi connectivity index (χ1v) is 7.67. The quantitative estimate of drug-likeness (QED) is 0.915. The molecule has 1 aromatic rings. The van der Waals surface area contributed by atoms with Gasteiger partial charge in [-0.05, 0) is 51.9 Å². The van der Waals surface area contributed by atoms with Crippen LogP contribution in [0, 0.1) is 5.41 Å². The highest BCUT2D eigenvalue weighted by atomic mass is 79.9. The fourth-order valence-corrected chi connectivity index (χ4v) is 3.67. The van der Waals surface area contributed by atoms with E-state index in [1.165, 1.54) is 24.8 Å². The molecule has 0 amide bonds. The van der Waals surface area contributed by atoms with Crippen LogP contribution in [0.5, 0.6) is 11.5 Å². The van der Waals surface area contributed by atoms with Gasteiger partial charge in [0.05, 0.1) is 4.47 Å².